The van der Waals surface area contributed by atoms with Crippen molar-refractivity contribution in [2.45, 2.75) is 39.7 Å². The van der Waals surface area contributed by atoms with Crippen molar-refractivity contribution in [3.05, 3.63) is 20.3 Å². The summed E-state index contributed by atoms with van der Waals surface area (Å²) in [4.78, 5) is 1.32. The van der Waals surface area contributed by atoms with E-state index in [1.807, 2.05) is 0 Å². The molecular formula is C11H19BrN2S. The van der Waals surface area contributed by atoms with E-state index in [4.69, 9.17) is 5.84 Å². The molecule has 0 fully saturated rings. The van der Waals surface area contributed by atoms with Crippen molar-refractivity contribution in [3.8, 4) is 0 Å². The van der Waals surface area contributed by atoms with E-state index in [0.717, 1.165) is 12.3 Å². The monoisotopic (exact) mass is 290 g/mol. The molecular weight excluding hydrogens is 272 g/mol. The van der Waals surface area contributed by atoms with E-state index in [9.17, 15) is 0 Å². The molecule has 0 aliphatic rings. The van der Waals surface area contributed by atoms with Crippen LogP contribution in [0.5, 0.6) is 0 Å². The standard InChI is InChI=1S/C11H19BrN2S/c1-7(2)4-5-9(14-13)10-6-8(3)11(12)15-10/h6-7,9,14H,4-5,13H2,1-3H3. The summed E-state index contributed by atoms with van der Waals surface area (Å²) in [5.74, 6) is 6.32. The van der Waals surface area contributed by atoms with Gasteiger partial charge in [0.1, 0.15) is 0 Å². The van der Waals surface area contributed by atoms with Crippen LogP contribution in [-0.4, -0.2) is 0 Å². The van der Waals surface area contributed by atoms with Crippen LogP contribution in [0.3, 0.4) is 0 Å². The lowest BCUT2D eigenvalue weighted by molar-refractivity contribution is 0.453. The maximum absolute atomic E-state index is 5.59. The molecule has 0 bridgehead atoms. The molecule has 2 nitrogen and oxygen atoms in total. The quantitative estimate of drug-likeness (QED) is 0.640. The first-order valence-electron chi connectivity index (χ1n) is 5.26. The largest absolute Gasteiger partial charge is 0.271 e. The van der Waals surface area contributed by atoms with Gasteiger partial charge in [-0.05, 0) is 53.2 Å². The lowest BCUT2D eigenvalue weighted by Crippen LogP contribution is -2.27. The molecule has 0 saturated carbocycles. The highest BCUT2D eigenvalue weighted by Crippen LogP contribution is 2.33. The number of nitrogens with two attached hydrogens (primary N) is 1. The van der Waals surface area contributed by atoms with Gasteiger partial charge in [-0.1, -0.05) is 13.8 Å². The second-order valence-electron chi connectivity index (χ2n) is 4.30. The van der Waals surface area contributed by atoms with Gasteiger partial charge in [0, 0.05) is 4.88 Å². The number of aryl methyl sites for hydroxylation is 1. The maximum atomic E-state index is 5.59. The van der Waals surface area contributed by atoms with Gasteiger partial charge in [-0.2, -0.15) is 0 Å². The van der Waals surface area contributed by atoms with E-state index in [0.29, 0.717) is 6.04 Å². The van der Waals surface area contributed by atoms with Crippen molar-refractivity contribution in [3.63, 3.8) is 0 Å². The minimum Gasteiger partial charge on any atom is -0.271 e. The molecule has 3 N–H and O–H groups in total. The van der Waals surface area contributed by atoms with Gasteiger partial charge in [-0.15, -0.1) is 11.3 Å². The Morgan fingerprint density at radius 1 is 1.47 bits per heavy atom. The number of hydrazine groups is 1. The molecule has 0 amide bonds. The van der Waals surface area contributed by atoms with E-state index in [1.54, 1.807) is 11.3 Å². The van der Waals surface area contributed by atoms with Gasteiger partial charge in [-0.3, -0.25) is 11.3 Å². The fraction of sp³-hybridized carbons (Fsp3) is 0.636. The number of halogens is 1. The number of nitrogens with one attached hydrogen (secondary N) is 1. The van der Waals surface area contributed by atoms with Gasteiger partial charge in [-0.25, -0.2) is 0 Å². The Morgan fingerprint density at radius 3 is 2.53 bits per heavy atom. The van der Waals surface area contributed by atoms with E-state index < -0.39 is 0 Å². The van der Waals surface area contributed by atoms with Crippen molar-refractivity contribution in [2.75, 3.05) is 0 Å². The van der Waals surface area contributed by atoms with Crippen molar-refractivity contribution in [1.82, 2.24) is 5.43 Å². The SMILES string of the molecule is Cc1cc(C(CCC(C)C)NN)sc1Br. The van der Waals surface area contributed by atoms with Crippen molar-refractivity contribution < 1.29 is 0 Å². The van der Waals surface area contributed by atoms with Crippen LogP contribution in [0.1, 0.15) is 43.2 Å². The zero-order chi connectivity index (χ0) is 11.4. The molecule has 1 rings (SSSR count). The molecule has 15 heavy (non-hydrogen) atoms. The molecule has 0 aliphatic carbocycles. The van der Waals surface area contributed by atoms with Gasteiger partial charge in [0.25, 0.3) is 0 Å². The topological polar surface area (TPSA) is 38.0 Å². The van der Waals surface area contributed by atoms with E-state index in [2.05, 4.69) is 48.2 Å². The molecule has 1 atom stereocenters. The number of thiophene rings is 1. The summed E-state index contributed by atoms with van der Waals surface area (Å²) in [7, 11) is 0. The Balaban J connectivity index is 2.65. The van der Waals surface area contributed by atoms with Crippen LogP contribution in [0.15, 0.2) is 9.85 Å². The smallest absolute Gasteiger partial charge is 0.0731 e. The van der Waals surface area contributed by atoms with Crippen LogP contribution in [0.4, 0.5) is 0 Å². The molecule has 0 saturated heterocycles. The molecule has 0 aliphatic heterocycles. The average Bonchev–Trinajstić information content (AvgIpc) is 2.47. The highest BCUT2D eigenvalue weighted by Gasteiger charge is 2.14. The highest BCUT2D eigenvalue weighted by molar-refractivity contribution is 9.11. The molecule has 0 spiro atoms. The molecule has 0 aromatic carbocycles. The summed E-state index contributed by atoms with van der Waals surface area (Å²) in [6.07, 6.45) is 2.30. The first kappa shape index (κ1) is 13.2. The summed E-state index contributed by atoms with van der Waals surface area (Å²) in [5.41, 5.74) is 4.20. The van der Waals surface area contributed by atoms with Gasteiger partial charge >= 0.3 is 0 Å². The fourth-order valence-electron chi connectivity index (χ4n) is 1.46. The molecule has 1 heterocycles. The van der Waals surface area contributed by atoms with Gasteiger partial charge in [0.2, 0.25) is 0 Å². The summed E-state index contributed by atoms with van der Waals surface area (Å²) in [6, 6.07) is 2.50. The zero-order valence-electron chi connectivity index (χ0n) is 9.51. The summed E-state index contributed by atoms with van der Waals surface area (Å²) >= 11 is 5.32. The van der Waals surface area contributed by atoms with Crippen LogP contribution in [0, 0.1) is 12.8 Å². The Labute approximate surface area is 104 Å². The zero-order valence-corrected chi connectivity index (χ0v) is 11.9. The third-order valence-electron chi connectivity index (χ3n) is 2.45. The molecule has 4 heteroatoms. The van der Waals surface area contributed by atoms with Crippen molar-refractivity contribution >= 4 is 27.3 Å². The number of hydrogen-bond donors (Lipinski definition) is 2. The lowest BCUT2D eigenvalue weighted by atomic mass is 10.0. The van der Waals surface area contributed by atoms with Gasteiger partial charge in [0.05, 0.1) is 9.83 Å². The minimum absolute atomic E-state index is 0.294. The third-order valence-corrected chi connectivity index (χ3v) is 4.70. The minimum atomic E-state index is 0.294. The van der Waals surface area contributed by atoms with Crippen LogP contribution in [0.2, 0.25) is 0 Å². The molecule has 1 aromatic heterocycles. The van der Waals surface area contributed by atoms with Crippen molar-refractivity contribution in [1.29, 1.82) is 0 Å². The number of rotatable bonds is 5. The van der Waals surface area contributed by atoms with Crippen LogP contribution >= 0.6 is 27.3 Å². The molecule has 1 aromatic rings. The van der Waals surface area contributed by atoms with Gasteiger partial charge in [0.15, 0.2) is 0 Å². The normalized spacial score (nSPS) is 13.5. The predicted molar refractivity (Wildman–Crippen MR) is 70.9 cm³/mol. The van der Waals surface area contributed by atoms with E-state index >= 15 is 0 Å². The van der Waals surface area contributed by atoms with Crippen LogP contribution in [-0.2, 0) is 0 Å². The average molecular weight is 291 g/mol. The summed E-state index contributed by atoms with van der Waals surface area (Å²) in [5, 5.41) is 0. The second-order valence-corrected chi connectivity index (χ2v) is 6.70. The Hall–Kier alpha value is 0.100. The van der Waals surface area contributed by atoms with Crippen molar-refractivity contribution in [2.24, 2.45) is 11.8 Å². The maximum Gasteiger partial charge on any atom is 0.0731 e. The number of hydrogen-bond acceptors (Lipinski definition) is 3. The Morgan fingerprint density at radius 2 is 2.13 bits per heavy atom. The molecule has 86 valence electrons. The summed E-state index contributed by atoms with van der Waals surface area (Å²) in [6.45, 7) is 6.59. The van der Waals surface area contributed by atoms with Crippen LogP contribution < -0.4 is 11.3 Å². The first-order chi connectivity index (χ1) is 7.04. The predicted octanol–water partition coefficient (Wildman–Crippen LogP) is 3.76. The third kappa shape index (κ3) is 3.87. The Kier molecular flexibility index (Phi) is 5.26. The first-order valence-corrected chi connectivity index (χ1v) is 6.87. The molecule has 1 unspecified atom stereocenters. The van der Waals surface area contributed by atoms with E-state index in [-0.39, 0.29) is 0 Å². The van der Waals surface area contributed by atoms with Crippen LogP contribution in [0.25, 0.3) is 0 Å². The Bertz CT molecular complexity index is 290. The fourth-order valence-corrected chi connectivity index (χ4v) is 3.13. The highest BCUT2D eigenvalue weighted by atomic mass is 79.9. The molecule has 0 radical (unpaired) electrons. The van der Waals surface area contributed by atoms with Gasteiger partial charge < -0.3 is 0 Å². The second kappa shape index (κ2) is 5.99. The lowest BCUT2D eigenvalue weighted by Gasteiger charge is -2.15. The summed E-state index contributed by atoms with van der Waals surface area (Å²) < 4.78 is 1.21. The van der Waals surface area contributed by atoms with E-state index in [1.165, 1.54) is 20.6 Å².